The third-order valence-corrected chi connectivity index (χ3v) is 5.04. The topological polar surface area (TPSA) is 90.0 Å². The van der Waals surface area contributed by atoms with Crippen molar-refractivity contribution < 1.29 is 8.42 Å². The van der Waals surface area contributed by atoms with Crippen LogP contribution in [-0.4, -0.2) is 18.2 Å². The summed E-state index contributed by atoms with van der Waals surface area (Å²) in [6, 6.07) is 3.26. The number of aryl methyl sites for hydroxylation is 1. The number of aromatic nitrogens is 2. The van der Waals surface area contributed by atoms with E-state index in [1.165, 1.54) is 10.9 Å². The molecule has 0 aromatic carbocycles. The van der Waals surface area contributed by atoms with Crippen molar-refractivity contribution in [2.24, 2.45) is 12.8 Å². The predicted molar refractivity (Wildman–Crippen MR) is 66.2 cm³/mol. The number of thiophene rings is 1. The standard InChI is InChI=1S/C9H12N4O2S2/c1-13-6-7(5-11-13)12-17(14,15)9-3-2-8(4-10)16-9/h2-3,5-6,12H,4,10H2,1H3. The number of hydrogen-bond donors (Lipinski definition) is 2. The molecule has 8 heteroatoms. The molecule has 0 bridgehead atoms. The molecule has 0 aliphatic heterocycles. The highest BCUT2D eigenvalue weighted by atomic mass is 32.2. The average Bonchev–Trinajstić information content (AvgIpc) is 2.86. The van der Waals surface area contributed by atoms with Crippen LogP contribution in [0.1, 0.15) is 4.88 Å². The van der Waals surface area contributed by atoms with Gasteiger partial charge in [-0.15, -0.1) is 11.3 Å². The van der Waals surface area contributed by atoms with E-state index in [1.807, 2.05) is 0 Å². The molecule has 0 aliphatic carbocycles. The molecule has 2 heterocycles. The normalized spacial score (nSPS) is 11.6. The van der Waals surface area contributed by atoms with Crippen molar-refractivity contribution in [1.29, 1.82) is 0 Å². The van der Waals surface area contributed by atoms with Gasteiger partial charge >= 0.3 is 0 Å². The summed E-state index contributed by atoms with van der Waals surface area (Å²) < 4.78 is 28.2. The molecule has 0 atom stereocenters. The van der Waals surface area contributed by atoms with E-state index in [2.05, 4.69) is 9.82 Å². The quantitative estimate of drug-likeness (QED) is 0.859. The Morgan fingerprint density at radius 1 is 1.53 bits per heavy atom. The lowest BCUT2D eigenvalue weighted by Gasteiger charge is -2.02. The average molecular weight is 272 g/mol. The molecule has 0 spiro atoms. The van der Waals surface area contributed by atoms with Crippen LogP contribution in [0.5, 0.6) is 0 Å². The molecule has 0 saturated heterocycles. The van der Waals surface area contributed by atoms with Gasteiger partial charge in [-0.2, -0.15) is 5.10 Å². The van der Waals surface area contributed by atoms with Gasteiger partial charge in [0.05, 0.1) is 11.9 Å². The molecule has 6 nitrogen and oxygen atoms in total. The number of nitrogens with zero attached hydrogens (tertiary/aromatic N) is 2. The molecule has 2 aromatic rings. The van der Waals surface area contributed by atoms with Crippen molar-refractivity contribution in [2.45, 2.75) is 10.8 Å². The van der Waals surface area contributed by atoms with E-state index in [9.17, 15) is 8.42 Å². The van der Waals surface area contributed by atoms with Crippen LogP contribution in [0.3, 0.4) is 0 Å². The molecule has 3 N–H and O–H groups in total. The number of hydrogen-bond acceptors (Lipinski definition) is 5. The second-order valence-electron chi connectivity index (χ2n) is 3.43. The monoisotopic (exact) mass is 272 g/mol. The Labute approximate surface area is 103 Å². The van der Waals surface area contributed by atoms with Gasteiger partial charge in [0.1, 0.15) is 4.21 Å². The first-order chi connectivity index (χ1) is 8.01. The van der Waals surface area contributed by atoms with Crippen LogP contribution in [0.2, 0.25) is 0 Å². The van der Waals surface area contributed by atoms with Crippen molar-refractivity contribution in [3.8, 4) is 0 Å². The number of nitrogens with two attached hydrogens (primary N) is 1. The molecule has 0 amide bonds. The highest BCUT2D eigenvalue weighted by Gasteiger charge is 2.17. The number of nitrogens with one attached hydrogen (secondary N) is 1. The molecular weight excluding hydrogens is 260 g/mol. The summed E-state index contributed by atoms with van der Waals surface area (Å²) in [6.45, 7) is 0.340. The summed E-state index contributed by atoms with van der Waals surface area (Å²) in [5.74, 6) is 0. The van der Waals surface area contributed by atoms with E-state index < -0.39 is 10.0 Å². The van der Waals surface area contributed by atoms with Crippen molar-refractivity contribution in [3.63, 3.8) is 0 Å². The second kappa shape index (κ2) is 4.47. The Balaban J connectivity index is 2.24. The molecule has 2 aromatic heterocycles. The third-order valence-electron chi connectivity index (χ3n) is 2.06. The first kappa shape index (κ1) is 12.1. The van der Waals surface area contributed by atoms with Gasteiger partial charge in [0.15, 0.2) is 0 Å². The SMILES string of the molecule is Cn1cc(NS(=O)(=O)c2ccc(CN)s2)cn1. The first-order valence-electron chi connectivity index (χ1n) is 4.81. The van der Waals surface area contributed by atoms with Gasteiger partial charge in [0, 0.05) is 24.7 Å². The number of sulfonamides is 1. The molecule has 0 unspecified atom stereocenters. The van der Waals surface area contributed by atoms with Crippen molar-refractivity contribution in [1.82, 2.24) is 9.78 Å². The van der Waals surface area contributed by atoms with Crippen LogP contribution >= 0.6 is 11.3 Å². The summed E-state index contributed by atoms with van der Waals surface area (Å²) in [5.41, 5.74) is 5.88. The van der Waals surface area contributed by atoms with Crippen LogP contribution < -0.4 is 10.5 Å². The van der Waals surface area contributed by atoms with Crippen LogP contribution in [0.4, 0.5) is 5.69 Å². The van der Waals surface area contributed by atoms with Gasteiger partial charge in [-0.1, -0.05) is 0 Å². The maximum atomic E-state index is 12.0. The second-order valence-corrected chi connectivity index (χ2v) is 6.51. The maximum absolute atomic E-state index is 12.0. The van der Waals surface area contributed by atoms with Gasteiger partial charge in [-0.25, -0.2) is 8.42 Å². The number of anilines is 1. The third kappa shape index (κ3) is 2.65. The Hall–Kier alpha value is -1.38. The number of rotatable bonds is 4. The van der Waals surface area contributed by atoms with Gasteiger partial charge in [-0.3, -0.25) is 9.40 Å². The molecule has 0 radical (unpaired) electrons. The molecule has 0 saturated carbocycles. The zero-order valence-electron chi connectivity index (χ0n) is 9.12. The van der Waals surface area contributed by atoms with Crippen molar-refractivity contribution in [2.75, 3.05) is 4.72 Å². The largest absolute Gasteiger partial charge is 0.326 e. The van der Waals surface area contributed by atoms with Crippen LogP contribution in [0.15, 0.2) is 28.7 Å². The Kier molecular flexibility index (Phi) is 3.18. The minimum atomic E-state index is -3.53. The lowest BCUT2D eigenvalue weighted by atomic mass is 10.5. The predicted octanol–water partition coefficient (Wildman–Crippen LogP) is 0.741. The van der Waals surface area contributed by atoms with Crippen molar-refractivity contribution in [3.05, 3.63) is 29.4 Å². The van der Waals surface area contributed by atoms with Gasteiger partial charge in [-0.05, 0) is 12.1 Å². The zero-order valence-corrected chi connectivity index (χ0v) is 10.8. The fourth-order valence-electron chi connectivity index (χ4n) is 1.29. The van der Waals surface area contributed by atoms with Crippen molar-refractivity contribution >= 4 is 27.0 Å². The van der Waals surface area contributed by atoms with E-state index in [-0.39, 0.29) is 4.21 Å². The Bertz CT molecular complexity index is 614. The van der Waals surface area contributed by atoms with Crippen LogP contribution in [-0.2, 0) is 23.6 Å². The fraction of sp³-hybridized carbons (Fsp3) is 0.222. The van der Waals surface area contributed by atoms with E-state index in [0.717, 1.165) is 16.2 Å². The molecule has 0 fully saturated rings. The van der Waals surface area contributed by atoms with E-state index >= 15 is 0 Å². The lowest BCUT2D eigenvalue weighted by molar-refractivity contribution is 0.603. The molecule has 0 aliphatic rings. The fourth-order valence-corrected chi connectivity index (χ4v) is 3.55. The minimum Gasteiger partial charge on any atom is -0.326 e. The zero-order chi connectivity index (χ0) is 12.5. The molecule has 92 valence electrons. The van der Waals surface area contributed by atoms with E-state index in [4.69, 9.17) is 5.73 Å². The summed E-state index contributed by atoms with van der Waals surface area (Å²) in [5, 5.41) is 3.89. The highest BCUT2D eigenvalue weighted by Crippen LogP contribution is 2.23. The van der Waals surface area contributed by atoms with Gasteiger partial charge in [0.2, 0.25) is 0 Å². The highest BCUT2D eigenvalue weighted by molar-refractivity contribution is 7.94. The summed E-state index contributed by atoms with van der Waals surface area (Å²) in [4.78, 5) is 0.830. The first-order valence-corrected chi connectivity index (χ1v) is 7.11. The smallest absolute Gasteiger partial charge is 0.271 e. The lowest BCUT2D eigenvalue weighted by Crippen LogP contribution is -2.10. The van der Waals surface area contributed by atoms with E-state index in [1.54, 1.807) is 25.4 Å². The summed E-state index contributed by atoms with van der Waals surface area (Å²) in [7, 11) is -1.81. The summed E-state index contributed by atoms with van der Waals surface area (Å²) >= 11 is 1.16. The minimum absolute atomic E-state index is 0.252. The van der Waals surface area contributed by atoms with Gasteiger partial charge < -0.3 is 5.73 Å². The molecular formula is C9H12N4O2S2. The molecule has 2 rings (SSSR count). The Morgan fingerprint density at radius 2 is 2.29 bits per heavy atom. The maximum Gasteiger partial charge on any atom is 0.271 e. The van der Waals surface area contributed by atoms with Gasteiger partial charge in [0.25, 0.3) is 10.0 Å². The van der Waals surface area contributed by atoms with Crippen LogP contribution in [0, 0.1) is 0 Å². The van der Waals surface area contributed by atoms with E-state index in [0.29, 0.717) is 12.2 Å². The molecule has 17 heavy (non-hydrogen) atoms. The summed E-state index contributed by atoms with van der Waals surface area (Å²) in [6.07, 6.45) is 3.05. The van der Waals surface area contributed by atoms with Crippen LogP contribution in [0.25, 0.3) is 0 Å². The Morgan fingerprint density at radius 3 is 2.82 bits per heavy atom.